The zero-order chi connectivity index (χ0) is 12.5. The average Bonchev–Trinajstić information content (AvgIpc) is 2.83. The summed E-state index contributed by atoms with van der Waals surface area (Å²) in [5.41, 5.74) is 2.46. The van der Waals surface area contributed by atoms with Gasteiger partial charge in [-0.25, -0.2) is 0 Å². The summed E-state index contributed by atoms with van der Waals surface area (Å²) in [6.45, 7) is 8.79. The second-order valence-electron chi connectivity index (χ2n) is 5.24. The lowest BCUT2D eigenvalue weighted by molar-refractivity contribution is -0.747. The van der Waals surface area contributed by atoms with Crippen LogP contribution in [0.5, 0.6) is 0 Å². The van der Waals surface area contributed by atoms with Gasteiger partial charge in [-0.05, 0) is 11.5 Å². The van der Waals surface area contributed by atoms with E-state index in [4.69, 9.17) is 0 Å². The highest BCUT2D eigenvalue weighted by atomic mass is 15.1. The Labute approximate surface area is 103 Å². The third-order valence-electron chi connectivity index (χ3n) is 3.37. The summed E-state index contributed by atoms with van der Waals surface area (Å²) in [5, 5.41) is 6.89. The molecule has 1 N–H and O–H groups in total. The number of hydrogen-bond acceptors (Lipinski definition) is 1. The smallest absolute Gasteiger partial charge is 0.190 e. The van der Waals surface area contributed by atoms with Crippen molar-refractivity contribution in [3.63, 3.8) is 0 Å². The number of nitrogens with zero attached hydrogens (tertiary/aromatic N) is 2. The molecule has 2 heterocycles. The van der Waals surface area contributed by atoms with Crippen molar-refractivity contribution in [3.05, 3.63) is 48.0 Å². The van der Waals surface area contributed by atoms with Crippen LogP contribution in [-0.4, -0.2) is 10.2 Å². The van der Waals surface area contributed by atoms with Crippen LogP contribution in [0.4, 0.5) is 0 Å². The van der Waals surface area contributed by atoms with Crippen LogP contribution in [0.3, 0.4) is 0 Å². The van der Waals surface area contributed by atoms with Crippen molar-refractivity contribution in [3.8, 4) is 0 Å². The minimum atomic E-state index is -0.0808. The summed E-state index contributed by atoms with van der Waals surface area (Å²) in [4.78, 5) is 0. The van der Waals surface area contributed by atoms with Crippen LogP contribution in [0.1, 0.15) is 44.7 Å². The Bertz CT molecular complexity index is 467. The highest BCUT2D eigenvalue weighted by molar-refractivity contribution is 5.14. The first-order valence-corrected chi connectivity index (χ1v) is 6.03. The number of pyridine rings is 1. The third-order valence-corrected chi connectivity index (χ3v) is 3.37. The van der Waals surface area contributed by atoms with Gasteiger partial charge in [-0.2, -0.15) is 9.67 Å². The maximum atomic E-state index is 4.02. The summed E-state index contributed by atoms with van der Waals surface area (Å²) < 4.78 is 2.21. The lowest BCUT2D eigenvalue weighted by Gasteiger charge is -2.18. The van der Waals surface area contributed by atoms with Gasteiger partial charge in [0.05, 0.1) is 11.8 Å². The van der Waals surface area contributed by atoms with Crippen molar-refractivity contribution in [2.75, 3.05) is 0 Å². The number of aromatic nitrogens is 3. The molecule has 0 fully saturated rings. The fourth-order valence-electron chi connectivity index (χ4n) is 1.93. The highest BCUT2D eigenvalue weighted by Crippen LogP contribution is 2.18. The first kappa shape index (κ1) is 11.8. The van der Waals surface area contributed by atoms with Crippen LogP contribution < -0.4 is 4.57 Å². The van der Waals surface area contributed by atoms with E-state index in [1.54, 1.807) is 0 Å². The molecule has 17 heavy (non-hydrogen) atoms. The van der Waals surface area contributed by atoms with Gasteiger partial charge in [0.2, 0.25) is 0 Å². The lowest BCUT2D eigenvalue weighted by Crippen LogP contribution is -2.52. The predicted octanol–water partition coefficient (Wildman–Crippen LogP) is 2.60. The van der Waals surface area contributed by atoms with Gasteiger partial charge in [-0.15, -0.1) is 0 Å². The van der Waals surface area contributed by atoms with E-state index in [0.717, 1.165) is 0 Å². The molecular formula is C14H20N3+. The van der Waals surface area contributed by atoms with Crippen LogP contribution in [0.25, 0.3) is 0 Å². The molecule has 2 rings (SSSR count). The van der Waals surface area contributed by atoms with E-state index < -0.39 is 0 Å². The van der Waals surface area contributed by atoms with Gasteiger partial charge in [-0.3, -0.25) is 5.10 Å². The molecule has 0 spiro atoms. The van der Waals surface area contributed by atoms with Crippen molar-refractivity contribution in [2.24, 2.45) is 0 Å². The van der Waals surface area contributed by atoms with Crippen LogP contribution >= 0.6 is 0 Å². The molecule has 3 heteroatoms. The minimum absolute atomic E-state index is 0.0808. The monoisotopic (exact) mass is 230 g/mol. The quantitative estimate of drug-likeness (QED) is 0.808. The summed E-state index contributed by atoms with van der Waals surface area (Å²) in [5.74, 6) is 0.571. The van der Waals surface area contributed by atoms with Crippen molar-refractivity contribution >= 4 is 0 Å². The summed E-state index contributed by atoms with van der Waals surface area (Å²) in [6, 6.07) is 4.37. The van der Waals surface area contributed by atoms with Crippen LogP contribution in [0.2, 0.25) is 0 Å². The minimum Gasteiger partial charge on any atom is -0.285 e. The van der Waals surface area contributed by atoms with E-state index in [2.05, 4.69) is 67.0 Å². The number of aromatic amines is 1. The van der Waals surface area contributed by atoms with Crippen LogP contribution in [-0.2, 0) is 5.54 Å². The second-order valence-corrected chi connectivity index (χ2v) is 5.24. The Morgan fingerprint density at radius 2 is 1.88 bits per heavy atom. The Balaban J connectivity index is 2.34. The molecule has 0 saturated heterocycles. The Morgan fingerprint density at radius 3 is 2.35 bits per heavy atom. The summed E-state index contributed by atoms with van der Waals surface area (Å²) >= 11 is 0. The molecule has 0 radical (unpaired) electrons. The molecule has 90 valence electrons. The molecular weight excluding hydrogens is 210 g/mol. The van der Waals surface area contributed by atoms with E-state index in [9.17, 15) is 0 Å². The molecule has 0 aliphatic heterocycles. The molecule has 2 aromatic rings. The lowest BCUT2D eigenvalue weighted by atomic mass is 9.96. The number of nitrogens with one attached hydrogen (secondary N) is 1. The van der Waals surface area contributed by atoms with E-state index in [-0.39, 0.29) is 5.54 Å². The van der Waals surface area contributed by atoms with Gasteiger partial charge in [0, 0.05) is 32.2 Å². The van der Waals surface area contributed by atoms with Crippen LogP contribution in [0, 0.1) is 0 Å². The van der Waals surface area contributed by atoms with Crippen molar-refractivity contribution in [1.82, 2.24) is 10.2 Å². The van der Waals surface area contributed by atoms with Crippen LogP contribution in [0.15, 0.2) is 36.9 Å². The molecule has 0 amide bonds. The standard InChI is InChI=1S/C14H20N3/c1-11(2)12-5-7-17(8-6-12)14(3,4)13-9-15-16-10-13/h5-11H,1-4H3,(H,15,16)/q+1. The van der Waals surface area contributed by atoms with Gasteiger partial charge in [0.25, 0.3) is 0 Å². The topological polar surface area (TPSA) is 32.6 Å². The second kappa shape index (κ2) is 4.32. The Kier molecular flexibility index (Phi) is 3.01. The van der Waals surface area contributed by atoms with E-state index in [1.807, 2.05) is 12.4 Å². The van der Waals surface area contributed by atoms with Gasteiger partial charge in [0.1, 0.15) is 0 Å². The largest absolute Gasteiger partial charge is 0.285 e. The van der Waals surface area contributed by atoms with E-state index in [0.29, 0.717) is 5.92 Å². The summed E-state index contributed by atoms with van der Waals surface area (Å²) in [6.07, 6.45) is 8.11. The Morgan fingerprint density at radius 1 is 1.24 bits per heavy atom. The van der Waals surface area contributed by atoms with E-state index in [1.165, 1.54) is 11.1 Å². The fraction of sp³-hybridized carbons (Fsp3) is 0.429. The molecule has 3 nitrogen and oxygen atoms in total. The molecule has 0 bridgehead atoms. The Hall–Kier alpha value is -1.64. The summed E-state index contributed by atoms with van der Waals surface area (Å²) in [7, 11) is 0. The molecule has 0 saturated carbocycles. The average molecular weight is 230 g/mol. The van der Waals surface area contributed by atoms with Crippen molar-refractivity contribution in [1.29, 1.82) is 0 Å². The van der Waals surface area contributed by atoms with Crippen molar-refractivity contribution < 1.29 is 4.57 Å². The number of rotatable bonds is 3. The predicted molar refractivity (Wildman–Crippen MR) is 67.7 cm³/mol. The molecule has 0 aromatic carbocycles. The first-order valence-electron chi connectivity index (χ1n) is 6.03. The molecule has 0 unspecified atom stereocenters. The highest BCUT2D eigenvalue weighted by Gasteiger charge is 2.31. The van der Waals surface area contributed by atoms with Gasteiger partial charge < -0.3 is 0 Å². The zero-order valence-corrected chi connectivity index (χ0v) is 10.9. The SMILES string of the molecule is CC(C)c1cc[n+](C(C)(C)c2cn[nH]c2)cc1. The zero-order valence-electron chi connectivity index (χ0n) is 10.9. The first-order chi connectivity index (χ1) is 8.01. The van der Waals surface area contributed by atoms with Gasteiger partial charge >= 0.3 is 0 Å². The van der Waals surface area contributed by atoms with E-state index >= 15 is 0 Å². The molecule has 0 atom stereocenters. The number of hydrogen-bond donors (Lipinski definition) is 1. The number of H-pyrrole nitrogens is 1. The third kappa shape index (κ3) is 2.23. The normalized spacial score (nSPS) is 12.1. The molecule has 0 aliphatic rings. The molecule has 2 aromatic heterocycles. The van der Waals surface area contributed by atoms with Gasteiger partial charge in [-0.1, -0.05) is 13.8 Å². The fourth-order valence-corrected chi connectivity index (χ4v) is 1.93. The maximum Gasteiger partial charge on any atom is 0.190 e. The van der Waals surface area contributed by atoms with Crippen molar-refractivity contribution in [2.45, 2.75) is 39.2 Å². The molecule has 0 aliphatic carbocycles. The van der Waals surface area contributed by atoms with Gasteiger partial charge in [0.15, 0.2) is 17.9 Å². The maximum absolute atomic E-state index is 4.02.